The fraction of sp³-hybridized carbons (Fsp3) is 0.118. The lowest BCUT2D eigenvalue weighted by atomic mass is 10.1. The molecule has 3 rings (SSSR count). The van der Waals surface area contributed by atoms with Crippen LogP contribution in [-0.4, -0.2) is 31.8 Å². The molecule has 2 aromatic heterocycles. The summed E-state index contributed by atoms with van der Waals surface area (Å²) in [5.41, 5.74) is 1.15. The molecular formula is C17H14ClN5O2. The number of ketones is 1. The molecule has 0 spiro atoms. The molecule has 7 nitrogen and oxygen atoms in total. The molecule has 0 fully saturated rings. The Morgan fingerprint density at radius 1 is 1.24 bits per heavy atom. The van der Waals surface area contributed by atoms with Gasteiger partial charge in [0.1, 0.15) is 6.33 Å². The van der Waals surface area contributed by atoms with Crippen molar-refractivity contribution < 1.29 is 4.79 Å². The Morgan fingerprint density at radius 2 is 2.08 bits per heavy atom. The maximum absolute atomic E-state index is 12.3. The minimum Gasteiger partial charge on any atom is -0.348 e. The Bertz CT molecular complexity index is 972. The molecular weight excluding hydrogens is 342 g/mol. The van der Waals surface area contributed by atoms with Crippen LogP contribution in [0.2, 0.25) is 5.02 Å². The third kappa shape index (κ3) is 3.89. The smallest absolute Gasteiger partial charge is 0.255 e. The van der Waals surface area contributed by atoms with Gasteiger partial charge in [0, 0.05) is 29.9 Å². The standard InChI is InChI=1S/C17H14ClN5O2/c1-23-16(25)8-14(13-5-6-19-10-21-13)22-17(23)20-9-15(24)11-3-2-4-12(18)7-11/h2-8,10H,9H2,1H3,(H,20,22). The van der Waals surface area contributed by atoms with Gasteiger partial charge in [-0.2, -0.15) is 0 Å². The number of carbonyl (C=O) groups is 1. The van der Waals surface area contributed by atoms with Crippen molar-refractivity contribution in [1.29, 1.82) is 0 Å². The summed E-state index contributed by atoms with van der Waals surface area (Å²) in [4.78, 5) is 36.7. The van der Waals surface area contributed by atoms with Gasteiger partial charge in [-0.1, -0.05) is 23.7 Å². The van der Waals surface area contributed by atoms with E-state index in [1.165, 1.54) is 17.0 Å². The van der Waals surface area contributed by atoms with E-state index in [0.717, 1.165) is 0 Å². The van der Waals surface area contributed by atoms with Crippen LogP contribution in [0.15, 0.2) is 53.7 Å². The SMILES string of the molecule is Cn1c(NCC(=O)c2cccc(Cl)c2)nc(-c2ccncn2)cc1=O. The average molecular weight is 356 g/mol. The topological polar surface area (TPSA) is 89.8 Å². The van der Waals surface area contributed by atoms with E-state index in [1.807, 2.05) is 0 Å². The highest BCUT2D eigenvalue weighted by Crippen LogP contribution is 2.14. The highest BCUT2D eigenvalue weighted by atomic mass is 35.5. The molecule has 25 heavy (non-hydrogen) atoms. The van der Waals surface area contributed by atoms with Crippen molar-refractivity contribution in [3.05, 3.63) is 69.9 Å². The van der Waals surface area contributed by atoms with Gasteiger partial charge in [-0.3, -0.25) is 14.2 Å². The monoisotopic (exact) mass is 355 g/mol. The highest BCUT2D eigenvalue weighted by Gasteiger charge is 2.11. The van der Waals surface area contributed by atoms with Crippen molar-refractivity contribution in [3.8, 4) is 11.4 Å². The van der Waals surface area contributed by atoms with Gasteiger partial charge < -0.3 is 5.32 Å². The summed E-state index contributed by atoms with van der Waals surface area (Å²) in [6, 6.07) is 9.71. The number of aromatic nitrogens is 4. The number of hydrogen-bond donors (Lipinski definition) is 1. The molecule has 3 aromatic rings. The second-order valence-electron chi connectivity index (χ2n) is 5.24. The summed E-state index contributed by atoms with van der Waals surface area (Å²) in [6.07, 6.45) is 2.95. The van der Waals surface area contributed by atoms with Crippen molar-refractivity contribution in [2.75, 3.05) is 11.9 Å². The first-order chi connectivity index (χ1) is 12.0. The predicted molar refractivity (Wildman–Crippen MR) is 94.8 cm³/mol. The molecule has 126 valence electrons. The Hall–Kier alpha value is -3.06. The molecule has 2 heterocycles. The molecule has 1 aromatic carbocycles. The number of halogens is 1. The van der Waals surface area contributed by atoms with Gasteiger partial charge in [-0.15, -0.1) is 0 Å². The Morgan fingerprint density at radius 3 is 2.80 bits per heavy atom. The molecule has 0 aliphatic carbocycles. The quantitative estimate of drug-likeness (QED) is 0.705. The van der Waals surface area contributed by atoms with Crippen molar-refractivity contribution in [1.82, 2.24) is 19.5 Å². The second-order valence-corrected chi connectivity index (χ2v) is 5.68. The van der Waals surface area contributed by atoms with E-state index in [0.29, 0.717) is 22.0 Å². The summed E-state index contributed by atoms with van der Waals surface area (Å²) in [5.74, 6) is 0.112. The zero-order valence-corrected chi connectivity index (χ0v) is 14.1. The summed E-state index contributed by atoms with van der Waals surface area (Å²) < 4.78 is 1.33. The molecule has 0 bridgehead atoms. The van der Waals surface area contributed by atoms with Crippen LogP contribution in [0.4, 0.5) is 5.95 Å². The Balaban J connectivity index is 1.84. The van der Waals surface area contributed by atoms with Gasteiger partial charge in [0.25, 0.3) is 5.56 Å². The largest absolute Gasteiger partial charge is 0.348 e. The third-order valence-corrected chi connectivity index (χ3v) is 3.77. The maximum atomic E-state index is 12.3. The first-order valence-corrected chi connectivity index (χ1v) is 7.79. The number of Topliss-reactive ketones (excluding diaryl/α,β-unsaturated/α-hetero) is 1. The van der Waals surface area contributed by atoms with E-state index in [1.54, 1.807) is 43.6 Å². The third-order valence-electron chi connectivity index (χ3n) is 3.53. The van der Waals surface area contributed by atoms with Crippen LogP contribution in [0.25, 0.3) is 11.4 Å². The molecule has 0 aliphatic heterocycles. The summed E-state index contributed by atoms with van der Waals surface area (Å²) >= 11 is 5.90. The van der Waals surface area contributed by atoms with Gasteiger partial charge in [-0.05, 0) is 18.2 Å². The van der Waals surface area contributed by atoms with Crippen molar-refractivity contribution >= 4 is 23.3 Å². The summed E-state index contributed by atoms with van der Waals surface area (Å²) in [6.45, 7) is -0.0200. The van der Waals surface area contributed by atoms with Gasteiger partial charge >= 0.3 is 0 Å². The molecule has 0 amide bonds. The lowest BCUT2D eigenvalue weighted by molar-refractivity contribution is 0.101. The maximum Gasteiger partial charge on any atom is 0.255 e. The van der Waals surface area contributed by atoms with Crippen LogP contribution in [0, 0.1) is 0 Å². The molecule has 1 N–H and O–H groups in total. The minimum atomic E-state index is -0.263. The number of nitrogens with one attached hydrogen (secondary N) is 1. The van der Waals surface area contributed by atoms with Crippen molar-refractivity contribution in [3.63, 3.8) is 0 Å². The van der Waals surface area contributed by atoms with E-state index in [9.17, 15) is 9.59 Å². The van der Waals surface area contributed by atoms with Crippen molar-refractivity contribution in [2.45, 2.75) is 0 Å². The van der Waals surface area contributed by atoms with Gasteiger partial charge in [-0.25, -0.2) is 15.0 Å². The Labute approximate surface area is 148 Å². The van der Waals surface area contributed by atoms with Crippen LogP contribution in [-0.2, 0) is 7.05 Å². The zero-order valence-electron chi connectivity index (χ0n) is 13.3. The average Bonchev–Trinajstić information content (AvgIpc) is 2.63. The van der Waals surface area contributed by atoms with E-state index in [4.69, 9.17) is 11.6 Å². The minimum absolute atomic E-state index is 0.0200. The van der Waals surface area contributed by atoms with Crippen LogP contribution >= 0.6 is 11.6 Å². The molecule has 0 aliphatic rings. The van der Waals surface area contributed by atoms with Gasteiger partial charge in [0.05, 0.1) is 17.9 Å². The molecule has 0 radical (unpaired) electrons. The summed E-state index contributed by atoms with van der Waals surface area (Å²) in [7, 11) is 1.57. The van der Waals surface area contributed by atoms with Crippen molar-refractivity contribution in [2.24, 2.45) is 7.05 Å². The molecule has 8 heteroatoms. The lowest BCUT2D eigenvalue weighted by Crippen LogP contribution is -2.24. The lowest BCUT2D eigenvalue weighted by Gasteiger charge is -2.11. The number of hydrogen-bond acceptors (Lipinski definition) is 6. The molecule has 0 saturated carbocycles. The first kappa shape index (κ1) is 16.8. The van der Waals surface area contributed by atoms with E-state index in [2.05, 4.69) is 20.3 Å². The second kappa shape index (κ2) is 7.23. The first-order valence-electron chi connectivity index (χ1n) is 7.41. The molecule has 0 saturated heterocycles. The Kier molecular flexibility index (Phi) is 4.85. The van der Waals surface area contributed by atoms with E-state index in [-0.39, 0.29) is 23.8 Å². The van der Waals surface area contributed by atoms with Crippen LogP contribution < -0.4 is 10.9 Å². The van der Waals surface area contributed by atoms with Crippen LogP contribution in [0.5, 0.6) is 0 Å². The summed E-state index contributed by atoms with van der Waals surface area (Å²) in [5, 5.41) is 3.39. The van der Waals surface area contributed by atoms with E-state index < -0.39 is 0 Å². The molecule has 0 atom stereocenters. The van der Waals surface area contributed by atoms with Gasteiger partial charge in [0.15, 0.2) is 5.78 Å². The number of anilines is 1. The molecule has 0 unspecified atom stereocenters. The van der Waals surface area contributed by atoms with Crippen LogP contribution in [0.1, 0.15) is 10.4 Å². The zero-order chi connectivity index (χ0) is 17.8. The number of nitrogens with zero attached hydrogens (tertiary/aromatic N) is 4. The normalized spacial score (nSPS) is 10.5. The number of benzene rings is 1. The predicted octanol–water partition coefficient (Wildman–Crippen LogP) is 2.19. The fourth-order valence-corrected chi connectivity index (χ4v) is 2.38. The van der Waals surface area contributed by atoms with Gasteiger partial charge in [0.2, 0.25) is 5.95 Å². The van der Waals surface area contributed by atoms with E-state index >= 15 is 0 Å². The van der Waals surface area contributed by atoms with Crippen LogP contribution in [0.3, 0.4) is 0 Å². The highest BCUT2D eigenvalue weighted by molar-refractivity contribution is 6.31. The number of rotatable bonds is 5. The fourth-order valence-electron chi connectivity index (χ4n) is 2.19. The number of carbonyl (C=O) groups excluding carboxylic acids is 1.